The van der Waals surface area contributed by atoms with E-state index in [1.807, 2.05) is 12.1 Å². The average molecular weight is 259 g/mol. The minimum Gasteiger partial charge on any atom is -0.381 e. The van der Waals surface area contributed by atoms with Crippen LogP contribution in [0, 0.1) is 11.3 Å². The lowest BCUT2D eigenvalue weighted by Crippen LogP contribution is -2.42. The van der Waals surface area contributed by atoms with Gasteiger partial charge in [-0.25, -0.2) is 4.98 Å². The van der Waals surface area contributed by atoms with Crippen LogP contribution >= 0.6 is 0 Å². The zero-order chi connectivity index (χ0) is 13.7. The van der Waals surface area contributed by atoms with E-state index >= 15 is 0 Å². The number of nitriles is 1. The van der Waals surface area contributed by atoms with Gasteiger partial charge in [0.05, 0.1) is 18.4 Å². The van der Waals surface area contributed by atoms with Crippen molar-refractivity contribution in [2.45, 2.75) is 18.9 Å². The van der Waals surface area contributed by atoms with Gasteiger partial charge in [0.1, 0.15) is 11.8 Å². The highest BCUT2D eigenvalue weighted by Crippen LogP contribution is 2.15. The van der Waals surface area contributed by atoms with E-state index in [9.17, 15) is 4.79 Å². The summed E-state index contributed by atoms with van der Waals surface area (Å²) in [6.45, 7) is 2.07. The minimum absolute atomic E-state index is 0.275. The third-order valence-corrected chi connectivity index (χ3v) is 3.22. The number of anilines is 1. The molecule has 0 aliphatic carbocycles. The Hall–Kier alpha value is -2.13. The second kappa shape index (κ2) is 6.16. The van der Waals surface area contributed by atoms with Crippen molar-refractivity contribution in [1.29, 1.82) is 5.26 Å². The number of carbonyl (C=O) groups is 1. The number of hydrogen-bond donors (Lipinski definition) is 2. The fourth-order valence-corrected chi connectivity index (χ4v) is 2.24. The molecule has 6 nitrogen and oxygen atoms in total. The Morgan fingerprint density at radius 1 is 1.53 bits per heavy atom. The molecule has 0 saturated carbocycles. The zero-order valence-electron chi connectivity index (χ0n) is 10.7. The predicted octanol–water partition coefficient (Wildman–Crippen LogP) is 0.315. The smallest absolute Gasteiger partial charge is 0.231 e. The lowest BCUT2D eigenvalue weighted by atomic mass is 10.0. The van der Waals surface area contributed by atoms with Gasteiger partial charge < -0.3 is 11.1 Å². The van der Waals surface area contributed by atoms with Crippen LogP contribution in [-0.4, -0.2) is 41.5 Å². The van der Waals surface area contributed by atoms with Crippen molar-refractivity contribution >= 4 is 11.6 Å². The third-order valence-electron chi connectivity index (χ3n) is 3.22. The van der Waals surface area contributed by atoms with Crippen molar-refractivity contribution in [2.24, 2.45) is 5.73 Å². The molecule has 1 aliphatic rings. The highest BCUT2D eigenvalue weighted by molar-refractivity contribution is 5.75. The van der Waals surface area contributed by atoms with Crippen molar-refractivity contribution in [3.8, 4) is 6.07 Å². The molecule has 0 spiro atoms. The molecule has 0 unspecified atom stereocenters. The van der Waals surface area contributed by atoms with Gasteiger partial charge in [0, 0.05) is 19.1 Å². The number of carbonyl (C=O) groups excluding carboxylic acids is 1. The van der Waals surface area contributed by atoms with Crippen molar-refractivity contribution in [3.05, 3.63) is 24.0 Å². The number of hydrogen-bond acceptors (Lipinski definition) is 5. The van der Waals surface area contributed by atoms with Crippen LogP contribution in [0.25, 0.3) is 0 Å². The van der Waals surface area contributed by atoms with Crippen molar-refractivity contribution in [3.63, 3.8) is 0 Å². The molecule has 2 heterocycles. The first-order valence-corrected chi connectivity index (χ1v) is 6.30. The Morgan fingerprint density at radius 3 is 2.79 bits per heavy atom. The van der Waals surface area contributed by atoms with Gasteiger partial charge in [-0.1, -0.05) is 0 Å². The van der Waals surface area contributed by atoms with Crippen molar-refractivity contribution in [1.82, 2.24) is 9.88 Å². The summed E-state index contributed by atoms with van der Waals surface area (Å²) in [7, 11) is 0. The van der Waals surface area contributed by atoms with E-state index in [4.69, 9.17) is 11.0 Å². The molecule has 0 radical (unpaired) electrons. The SMILES string of the molecule is N#Cc1ccc(NC2CCN(CC(N)=O)CC2)cn1. The Balaban J connectivity index is 1.82. The van der Waals surface area contributed by atoms with Gasteiger partial charge in [-0.2, -0.15) is 5.26 Å². The molecule has 1 aliphatic heterocycles. The molecule has 19 heavy (non-hydrogen) atoms. The molecular formula is C13H17N5O. The van der Waals surface area contributed by atoms with Gasteiger partial charge in [-0.05, 0) is 25.0 Å². The van der Waals surface area contributed by atoms with Gasteiger partial charge in [-0.3, -0.25) is 9.69 Å². The number of aromatic nitrogens is 1. The lowest BCUT2D eigenvalue weighted by molar-refractivity contribution is -0.119. The van der Waals surface area contributed by atoms with Crippen LogP contribution in [-0.2, 0) is 4.79 Å². The number of nitrogens with two attached hydrogens (primary N) is 1. The number of nitrogens with zero attached hydrogens (tertiary/aromatic N) is 3. The van der Waals surface area contributed by atoms with Crippen LogP contribution in [0.5, 0.6) is 0 Å². The summed E-state index contributed by atoms with van der Waals surface area (Å²) in [5.41, 5.74) is 6.52. The van der Waals surface area contributed by atoms with E-state index in [-0.39, 0.29) is 5.91 Å². The standard InChI is InChI=1S/C13H17N5O/c14-7-11-1-2-12(8-16-11)17-10-3-5-18(6-4-10)9-13(15)19/h1-2,8,10,17H,3-6,9H2,(H2,15,19). The van der Waals surface area contributed by atoms with Crippen LogP contribution in [0.2, 0.25) is 0 Å². The summed E-state index contributed by atoms with van der Waals surface area (Å²) in [5.74, 6) is -0.275. The van der Waals surface area contributed by atoms with Crippen LogP contribution in [0.4, 0.5) is 5.69 Å². The summed E-state index contributed by atoms with van der Waals surface area (Å²) < 4.78 is 0. The van der Waals surface area contributed by atoms with Gasteiger partial charge in [0.25, 0.3) is 0 Å². The van der Waals surface area contributed by atoms with Gasteiger partial charge in [-0.15, -0.1) is 0 Å². The molecule has 0 aromatic carbocycles. The first-order chi connectivity index (χ1) is 9.17. The Bertz CT molecular complexity index is 471. The summed E-state index contributed by atoms with van der Waals surface area (Å²) in [6, 6.07) is 5.93. The molecule has 3 N–H and O–H groups in total. The van der Waals surface area contributed by atoms with Gasteiger partial charge in [0.2, 0.25) is 5.91 Å². The van der Waals surface area contributed by atoms with E-state index in [1.54, 1.807) is 12.3 Å². The first-order valence-electron chi connectivity index (χ1n) is 6.30. The quantitative estimate of drug-likeness (QED) is 0.811. The Labute approximate surface area is 112 Å². The van der Waals surface area contributed by atoms with E-state index in [2.05, 4.69) is 15.2 Å². The number of likely N-dealkylation sites (tertiary alicyclic amines) is 1. The van der Waals surface area contributed by atoms with Crippen LogP contribution < -0.4 is 11.1 Å². The van der Waals surface area contributed by atoms with Gasteiger partial charge >= 0.3 is 0 Å². The number of amides is 1. The third kappa shape index (κ3) is 3.93. The molecule has 0 bridgehead atoms. The maximum Gasteiger partial charge on any atom is 0.231 e. The molecule has 100 valence electrons. The summed E-state index contributed by atoms with van der Waals surface area (Å²) in [4.78, 5) is 16.9. The normalized spacial score (nSPS) is 16.8. The Kier molecular flexibility index (Phi) is 4.31. The lowest BCUT2D eigenvalue weighted by Gasteiger charge is -2.31. The average Bonchev–Trinajstić information content (AvgIpc) is 2.41. The Morgan fingerprint density at radius 2 is 2.26 bits per heavy atom. The maximum atomic E-state index is 10.8. The van der Waals surface area contributed by atoms with Crippen LogP contribution in [0.3, 0.4) is 0 Å². The van der Waals surface area contributed by atoms with Crippen molar-refractivity contribution < 1.29 is 4.79 Å². The molecule has 6 heteroatoms. The minimum atomic E-state index is -0.275. The second-order valence-electron chi connectivity index (χ2n) is 4.70. The molecule has 2 rings (SSSR count). The molecule has 1 fully saturated rings. The van der Waals surface area contributed by atoms with Crippen LogP contribution in [0.1, 0.15) is 18.5 Å². The second-order valence-corrected chi connectivity index (χ2v) is 4.70. The number of pyridine rings is 1. The number of piperidine rings is 1. The van der Waals surface area contributed by atoms with E-state index in [1.165, 1.54) is 0 Å². The molecule has 1 aromatic rings. The molecule has 1 saturated heterocycles. The molecule has 1 amide bonds. The van der Waals surface area contributed by atoms with Crippen molar-refractivity contribution in [2.75, 3.05) is 25.0 Å². The fourth-order valence-electron chi connectivity index (χ4n) is 2.24. The molecule has 1 aromatic heterocycles. The monoisotopic (exact) mass is 259 g/mol. The molecular weight excluding hydrogens is 242 g/mol. The number of rotatable bonds is 4. The zero-order valence-corrected chi connectivity index (χ0v) is 10.7. The first kappa shape index (κ1) is 13.3. The highest BCUT2D eigenvalue weighted by Gasteiger charge is 2.19. The maximum absolute atomic E-state index is 10.8. The summed E-state index contributed by atoms with van der Waals surface area (Å²) in [6.07, 6.45) is 3.61. The predicted molar refractivity (Wildman–Crippen MR) is 71.2 cm³/mol. The molecule has 0 atom stereocenters. The largest absolute Gasteiger partial charge is 0.381 e. The summed E-state index contributed by atoms with van der Waals surface area (Å²) >= 11 is 0. The fraction of sp³-hybridized carbons (Fsp3) is 0.462. The van der Waals surface area contributed by atoms with Gasteiger partial charge in [0.15, 0.2) is 0 Å². The topological polar surface area (TPSA) is 95.0 Å². The number of primary amides is 1. The van der Waals surface area contributed by atoms with E-state index < -0.39 is 0 Å². The highest BCUT2D eigenvalue weighted by atomic mass is 16.1. The summed E-state index contributed by atoms with van der Waals surface area (Å²) in [5, 5.41) is 12.1. The van der Waals surface area contributed by atoms with Crippen LogP contribution in [0.15, 0.2) is 18.3 Å². The number of nitrogens with one attached hydrogen (secondary N) is 1. The van der Waals surface area contributed by atoms with E-state index in [0.717, 1.165) is 31.6 Å². The van der Waals surface area contributed by atoms with E-state index in [0.29, 0.717) is 18.3 Å².